The number of carboxylic acids is 2. The number of carbonyl (C=O) groups excluding carboxylic acids is 1. The number of rotatable bonds is 5. The average molecular weight is 293 g/mol. The molecule has 1 aromatic heterocycles. The van der Waals surface area contributed by atoms with Crippen LogP contribution in [-0.4, -0.2) is 34.1 Å². The number of aliphatic carboxylic acids is 2. The van der Waals surface area contributed by atoms with E-state index in [9.17, 15) is 14.4 Å². The predicted molar refractivity (Wildman–Crippen MR) is 73.0 cm³/mol. The third-order valence-electron chi connectivity index (χ3n) is 2.63. The molecule has 1 aromatic carbocycles. The number of carbonyl (C=O) groups is 3. The van der Waals surface area contributed by atoms with Crippen LogP contribution in [0.2, 0.25) is 0 Å². The van der Waals surface area contributed by atoms with Crippen molar-refractivity contribution in [3.05, 3.63) is 35.2 Å². The number of fused-ring (bicyclic) bond motifs is 1. The molecule has 20 heavy (non-hydrogen) atoms. The van der Waals surface area contributed by atoms with Gasteiger partial charge >= 0.3 is 11.9 Å². The average Bonchev–Trinajstić information content (AvgIpc) is 2.81. The number of carboxylic acid groups (broad SMARTS) is 2. The first-order chi connectivity index (χ1) is 9.47. The molecule has 7 heteroatoms. The maximum Gasteiger partial charge on any atom is 0.326 e. The van der Waals surface area contributed by atoms with E-state index in [-0.39, 0.29) is 0 Å². The molecule has 0 saturated heterocycles. The summed E-state index contributed by atoms with van der Waals surface area (Å²) in [5.74, 6) is -3.24. The minimum absolute atomic E-state index is 0.350. The van der Waals surface area contributed by atoms with E-state index < -0.39 is 30.3 Å². The molecule has 104 valence electrons. The Morgan fingerprint density at radius 2 is 1.90 bits per heavy atom. The first-order valence-electron chi connectivity index (χ1n) is 5.71. The summed E-state index contributed by atoms with van der Waals surface area (Å²) in [5.41, 5.74) is 0. The van der Waals surface area contributed by atoms with E-state index in [1.165, 1.54) is 11.3 Å². The molecule has 0 unspecified atom stereocenters. The molecule has 6 nitrogen and oxygen atoms in total. The van der Waals surface area contributed by atoms with Crippen LogP contribution in [-0.2, 0) is 9.59 Å². The maximum absolute atomic E-state index is 12.0. The Morgan fingerprint density at radius 3 is 2.50 bits per heavy atom. The predicted octanol–water partition coefficient (Wildman–Crippen LogP) is 1.56. The van der Waals surface area contributed by atoms with Crippen LogP contribution in [0.5, 0.6) is 0 Å². The normalized spacial score (nSPS) is 12.0. The first kappa shape index (κ1) is 14.0. The molecule has 1 heterocycles. The molecule has 2 aromatic rings. The fraction of sp³-hybridized carbons (Fsp3) is 0.154. The Hall–Kier alpha value is -2.41. The molecule has 1 amide bonds. The van der Waals surface area contributed by atoms with Crippen LogP contribution >= 0.6 is 11.3 Å². The lowest BCUT2D eigenvalue weighted by atomic mass is 10.2. The van der Waals surface area contributed by atoms with Crippen LogP contribution in [0.4, 0.5) is 0 Å². The quantitative estimate of drug-likeness (QED) is 0.776. The van der Waals surface area contributed by atoms with E-state index in [2.05, 4.69) is 5.32 Å². The summed E-state index contributed by atoms with van der Waals surface area (Å²) in [6.45, 7) is 0. The zero-order chi connectivity index (χ0) is 14.7. The van der Waals surface area contributed by atoms with Crippen molar-refractivity contribution in [1.29, 1.82) is 0 Å². The minimum Gasteiger partial charge on any atom is -0.481 e. The summed E-state index contributed by atoms with van der Waals surface area (Å²) in [7, 11) is 0. The second-order valence-corrected chi connectivity index (χ2v) is 5.19. The zero-order valence-corrected chi connectivity index (χ0v) is 11.0. The van der Waals surface area contributed by atoms with Crippen molar-refractivity contribution in [3.63, 3.8) is 0 Å². The fourth-order valence-electron chi connectivity index (χ4n) is 1.70. The van der Waals surface area contributed by atoms with Gasteiger partial charge in [-0.3, -0.25) is 9.59 Å². The summed E-state index contributed by atoms with van der Waals surface area (Å²) >= 11 is 1.23. The van der Waals surface area contributed by atoms with Crippen molar-refractivity contribution in [1.82, 2.24) is 5.32 Å². The lowest BCUT2D eigenvalue weighted by molar-refractivity contribution is -0.145. The molecular formula is C13H11NO5S. The number of amides is 1. The van der Waals surface area contributed by atoms with Gasteiger partial charge in [-0.1, -0.05) is 18.2 Å². The van der Waals surface area contributed by atoms with Crippen molar-refractivity contribution in [2.24, 2.45) is 0 Å². The summed E-state index contributed by atoms with van der Waals surface area (Å²) < 4.78 is 0.905. The number of nitrogens with one attached hydrogen (secondary N) is 1. The molecule has 0 aliphatic rings. The molecule has 3 N–H and O–H groups in total. The fourth-order valence-corrected chi connectivity index (χ4v) is 2.66. The van der Waals surface area contributed by atoms with Gasteiger partial charge < -0.3 is 15.5 Å². The van der Waals surface area contributed by atoms with Gasteiger partial charge in [0.15, 0.2) is 0 Å². The number of benzene rings is 1. The molecular weight excluding hydrogens is 282 g/mol. The first-order valence-corrected chi connectivity index (χ1v) is 6.53. The number of hydrogen-bond donors (Lipinski definition) is 3. The van der Waals surface area contributed by atoms with Gasteiger partial charge in [-0.25, -0.2) is 4.79 Å². The van der Waals surface area contributed by atoms with Gasteiger partial charge in [0.05, 0.1) is 11.3 Å². The molecule has 0 spiro atoms. The summed E-state index contributed by atoms with van der Waals surface area (Å²) in [4.78, 5) is 33.8. The Bertz CT molecular complexity index is 645. The van der Waals surface area contributed by atoms with Crippen LogP contribution < -0.4 is 5.32 Å². The third-order valence-corrected chi connectivity index (χ3v) is 3.75. The Balaban J connectivity index is 2.17. The molecule has 0 saturated carbocycles. The summed E-state index contributed by atoms with van der Waals surface area (Å²) in [6, 6.07) is 7.57. The van der Waals surface area contributed by atoms with Gasteiger partial charge in [0, 0.05) is 4.70 Å². The standard InChI is InChI=1S/C13H11NO5S/c15-11(16)6-8(13(18)19)14-12(17)10-5-7-3-1-2-4-9(7)20-10/h1-5,8H,6H2,(H,14,17)(H,15,16)(H,18,19)/t8-/m1/s1. The second-order valence-electron chi connectivity index (χ2n) is 4.11. The Kier molecular flexibility index (Phi) is 3.99. The van der Waals surface area contributed by atoms with Crippen LogP contribution in [0.3, 0.4) is 0 Å². The van der Waals surface area contributed by atoms with Gasteiger partial charge in [0.25, 0.3) is 5.91 Å². The highest BCUT2D eigenvalue weighted by molar-refractivity contribution is 7.20. The molecule has 0 aliphatic carbocycles. The highest BCUT2D eigenvalue weighted by Crippen LogP contribution is 2.25. The van der Waals surface area contributed by atoms with Gasteiger partial charge in [0.1, 0.15) is 6.04 Å². The van der Waals surface area contributed by atoms with Gasteiger partial charge in [-0.05, 0) is 17.5 Å². The number of thiophene rings is 1. The summed E-state index contributed by atoms with van der Waals surface area (Å²) in [5, 5.41) is 20.6. The highest BCUT2D eigenvalue weighted by atomic mass is 32.1. The summed E-state index contributed by atoms with van der Waals surface area (Å²) in [6.07, 6.45) is -0.661. The van der Waals surface area contributed by atoms with Crippen molar-refractivity contribution in [3.8, 4) is 0 Å². The minimum atomic E-state index is -1.44. The zero-order valence-electron chi connectivity index (χ0n) is 10.2. The van der Waals surface area contributed by atoms with Gasteiger partial charge in [0.2, 0.25) is 0 Å². The Morgan fingerprint density at radius 1 is 1.20 bits per heavy atom. The van der Waals surface area contributed by atoms with Crippen LogP contribution in [0.1, 0.15) is 16.1 Å². The third kappa shape index (κ3) is 3.12. The molecule has 0 aliphatic heterocycles. The SMILES string of the molecule is O=C(O)C[C@@H](NC(=O)c1cc2ccccc2s1)C(=O)O. The van der Waals surface area contributed by atoms with Crippen molar-refractivity contribution in [2.75, 3.05) is 0 Å². The largest absolute Gasteiger partial charge is 0.481 e. The smallest absolute Gasteiger partial charge is 0.326 e. The van der Waals surface area contributed by atoms with E-state index in [0.717, 1.165) is 10.1 Å². The van der Waals surface area contributed by atoms with Gasteiger partial charge in [-0.2, -0.15) is 0 Å². The molecule has 0 radical (unpaired) electrons. The highest BCUT2D eigenvalue weighted by Gasteiger charge is 2.24. The second kappa shape index (κ2) is 5.70. The van der Waals surface area contributed by atoms with E-state index in [1.807, 2.05) is 24.3 Å². The Labute approximate surface area is 117 Å². The molecule has 0 bridgehead atoms. The van der Waals surface area contributed by atoms with E-state index in [4.69, 9.17) is 10.2 Å². The monoisotopic (exact) mass is 293 g/mol. The maximum atomic E-state index is 12.0. The van der Waals surface area contributed by atoms with Gasteiger partial charge in [-0.15, -0.1) is 11.3 Å². The molecule has 1 atom stereocenters. The van der Waals surface area contributed by atoms with Crippen LogP contribution in [0.25, 0.3) is 10.1 Å². The van der Waals surface area contributed by atoms with E-state index in [1.54, 1.807) is 6.07 Å². The number of hydrogen-bond acceptors (Lipinski definition) is 4. The topological polar surface area (TPSA) is 104 Å². The van der Waals surface area contributed by atoms with Crippen LogP contribution in [0.15, 0.2) is 30.3 Å². The van der Waals surface area contributed by atoms with Crippen LogP contribution in [0, 0.1) is 0 Å². The van der Waals surface area contributed by atoms with Crippen molar-refractivity contribution in [2.45, 2.75) is 12.5 Å². The van der Waals surface area contributed by atoms with E-state index in [0.29, 0.717) is 4.88 Å². The lowest BCUT2D eigenvalue weighted by Gasteiger charge is -2.11. The lowest BCUT2D eigenvalue weighted by Crippen LogP contribution is -2.41. The molecule has 0 fully saturated rings. The van der Waals surface area contributed by atoms with Crippen molar-refractivity contribution >= 4 is 39.3 Å². The molecule has 2 rings (SSSR count). The van der Waals surface area contributed by atoms with Crippen molar-refractivity contribution < 1.29 is 24.6 Å². The van der Waals surface area contributed by atoms with E-state index >= 15 is 0 Å².